The third kappa shape index (κ3) is 3.45. The molecule has 0 saturated carbocycles. The summed E-state index contributed by atoms with van der Waals surface area (Å²) in [6.45, 7) is 6.51. The zero-order valence-electron chi connectivity index (χ0n) is 16.7. The highest BCUT2D eigenvalue weighted by atomic mass is 35.5. The average molecular weight is 407 g/mol. The first kappa shape index (κ1) is 19.3. The Kier molecular flexibility index (Phi) is 4.97. The van der Waals surface area contributed by atoms with Crippen molar-refractivity contribution < 1.29 is 9.90 Å². The second-order valence-corrected chi connectivity index (χ2v) is 8.01. The van der Waals surface area contributed by atoms with Crippen molar-refractivity contribution in [2.75, 3.05) is 16.3 Å². The number of hydrogen-bond donors (Lipinski definition) is 1. The minimum Gasteiger partial charge on any atom is -0.508 e. The molecule has 3 aromatic rings. The van der Waals surface area contributed by atoms with Crippen molar-refractivity contribution in [3.05, 3.63) is 76.8 Å². The Labute approximate surface area is 176 Å². The summed E-state index contributed by atoms with van der Waals surface area (Å²) >= 11 is 6.37. The molecule has 0 aromatic heterocycles. The number of rotatable bonds is 2. The molecule has 1 atom stereocenters. The number of fused-ring (bicyclic) bond motifs is 1. The van der Waals surface area contributed by atoms with Crippen molar-refractivity contribution in [2.45, 2.75) is 20.8 Å². The molecule has 1 aliphatic heterocycles. The molecule has 29 heavy (non-hydrogen) atoms. The topological polar surface area (TPSA) is 43.8 Å². The molecule has 5 heteroatoms. The summed E-state index contributed by atoms with van der Waals surface area (Å²) in [5.74, 6) is 0.0115. The molecule has 0 spiro atoms. The number of para-hydroxylation sites is 1. The van der Waals surface area contributed by atoms with Gasteiger partial charge in [-0.15, -0.1) is 0 Å². The van der Waals surface area contributed by atoms with E-state index in [1.165, 1.54) is 0 Å². The van der Waals surface area contributed by atoms with E-state index in [2.05, 4.69) is 4.90 Å². The van der Waals surface area contributed by atoms with Crippen LogP contribution in [0.3, 0.4) is 0 Å². The Morgan fingerprint density at radius 3 is 2.28 bits per heavy atom. The maximum absolute atomic E-state index is 13.6. The Bertz CT molecular complexity index is 1060. The van der Waals surface area contributed by atoms with Gasteiger partial charge in [0.05, 0.1) is 23.0 Å². The van der Waals surface area contributed by atoms with Gasteiger partial charge >= 0.3 is 0 Å². The molecule has 4 rings (SSSR count). The van der Waals surface area contributed by atoms with Crippen LogP contribution in [0.25, 0.3) is 0 Å². The number of phenols is 1. The van der Waals surface area contributed by atoms with Gasteiger partial charge in [-0.25, -0.2) is 0 Å². The van der Waals surface area contributed by atoms with E-state index in [0.717, 1.165) is 33.9 Å². The van der Waals surface area contributed by atoms with Gasteiger partial charge in [0.2, 0.25) is 5.91 Å². The molecule has 1 amide bonds. The standard InChI is InChI=1S/C24H23ClN2O2/c1-15-5-4-6-16(2)23(15)27-21-12-7-18(25)13-22(21)26(14-17(3)24(27)29)19-8-10-20(28)11-9-19/h4-13,17,28H,14H2,1-3H3. The molecule has 0 radical (unpaired) electrons. The third-order valence-corrected chi connectivity index (χ3v) is 5.63. The van der Waals surface area contributed by atoms with Crippen LogP contribution in [0, 0.1) is 19.8 Å². The first-order valence-electron chi connectivity index (χ1n) is 9.63. The SMILES string of the molecule is Cc1cccc(C)c1N1C(=O)C(C)CN(c2ccc(O)cc2)c2cc(Cl)ccc21. The first-order chi connectivity index (χ1) is 13.9. The zero-order valence-corrected chi connectivity index (χ0v) is 17.4. The molecule has 0 bridgehead atoms. The molecule has 1 heterocycles. The summed E-state index contributed by atoms with van der Waals surface area (Å²) in [6.07, 6.45) is 0. The number of nitrogens with zero attached hydrogens (tertiary/aromatic N) is 2. The predicted molar refractivity (Wildman–Crippen MR) is 119 cm³/mol. The molecule has 1 N–H and O–H groups in total. The van der Waals surface area contributed by atoms with Crippen molar-refractivity contribution in [2.24, 2.45) is 5.92 Å². The fourth-order valence-electron chi connectivity index (χ4n) is 3.96. The van der Waals surface area contributed by atoms with Crippen LogP contribution >= 0.6 is 11.6 Å². The molecule has 0 fully saturated rings. The molecular weight excluding hydrogens is 384 g/mol. The first-order valence-corrected chi connectivity index (χ1v) is 10.0. The normalized spacial score (nSPS) is 16.6. The number of carbonyl (C=O) groups is 1. The summed E-state index contributed by atoms with van der Waals surface area (Å²) in [5, 5.41) is 10.3. The molecule has 0 aliphatic carbocycles. The van der Waals surface area contributed by atoms with E-state index in [9.17, 15) is 9.90 Å². The molecular formula is C24H23ClN2O2. The van der Waals surface area contributed by atoms with Crippen LogP contribution in [-0.2, 0) is 4.79 Å². The minimum absolute atomic E-state index is 0.0484. The van der Waals surface area contributed by atoms with Gasteiger partial charge in [0.25, 0.3) is 0 Å². The Hall–Kier alpha value is -2.98. The maximum Gasteiger partial charge on any atom is 0.236 e. The second-order valence-electron chi connectivity index (χ2n) is 7.58. The summed E-state index contributed by atoms with van der Waals surface area (Å²) in [5.41, 5.74) is 5.57. The van der Waals surface area contributed by atoms with Gasteiger partial charge in [-0.1, -0.05) is 36.7 Å². The number of aromatic hydroxyl groups is 1. The van der Waals surface area contributed by atoms with Crippen LogP contribution in [0.2, 0.25) is 5.02 Å². The zero-order chi connectivity index (χ0) is 20.7. The number of aryl methyl sites for hydroxylation is 2. The van der Waals surface area contributed by atoms with Gasteiger partial charge in [0.15, 0.2) is 0 Å². The fourth-order valence-corrected chi connectivity index (χ4v) is 4.12. The van der Waals surface area contributed by atoms with Crippen LogP contribution in [0.4, 0.5) is 22.7 Å². The lowest BCUT2D eigenvalue weighted by atomic mass is 10.0. The summed E-state index contributed by atoms with van der Waals surface area (Å²) in [6, 6.07) is 18.7. The van der Waals surface area contributed by atoms with E-state index < -0.39 is 0 Å². The van der Waals surface area contributed by atoms with Crippen LogP contribution in [0.1, 0.15) is 18.1 Å². The number of halogens is 1. The van der Waals surface area contributed by atoms with Crippen LogP contribution in [0.15, 0.2) is 60.7 Å². The quantitative estimate of drug-likeness (QED) is 0.558. The van der Waals surface area contributed by atoms with Crippen molar-refractivity contribution in [1.29, 1.82) is 0 Å². The highest BCUT2D eigenvalue weighted by Gasteiger charge is 2.34. The number of benzene rings is 3. The van der Waals surface area contributed by atoms with Crippen LogP contribution in [0.5, 0.6) is 5.75 Å². The lowest BCUT2D eigenvalue weighted by Crippen LogP contribution is -2.33. The number of carbonyl (C=O) groups excluding carboxylic acids is 1. The van der Waals surface area contributed by atoms with E-state index >= 15 is 0 Å². The van der Waals surface area contributed by atoms with E-state index in [-0.39, 0.29) is 17.6 Å². The number of hydrogen-bond acceptors (Lipinski definition) is 3. The van der Waals surface area contributed by atoms with Gasteiger partial charge < -0.3 is 10.0 Å². The largest absolute Gasteiger partial charge is 0.508 e. The summed E-state index contributed by atoms with van der Waals surface area (Å²) in [7, 11) is 0. The highest BCUT2D eigenvalue weighted by molar-refractivity contribution is 6.31. The number of anilines is 4. The van der Waals surface area contributed by atoms with E-state index in [1.54, 1.807) is 12.1 Å². The summed E-state index contributed by atoms with van der Waals surface area (Å²) < 4.78 is 0. The third-order valence-electron chi connectivity index (χ3n) is 5.39. The molecule has 3 aromatic carbocycles. The Morgan fingerprint density at radius 1 is 0.966 bits per heavy atom. The van der Waals surface area contributed by atoms with Crippen molar-refractivity contribution in [3.8, 4) is 5.75 Å². The fraction of sp³-hybridized carbons (Fsp3) is 0.208. The molecule has 0 saturated heterocycles. The predicted octanol–water partition coefficient (Wildman–Crippen LogP) is 6.11. The monoisotopic (exact) mass is 406 g/mol. The Balaban J connectivity index is 1.97. The van der Waals surface area contributed by atoms with Gasteiger partial charge in [0, 0.05) is 17.3 Å². The van der Waals surface area contributed by atoms with Gasteiger partial charge in [-0.2, -0.15) is 0 Å². The van der Waals surface area contributed by atoms with Crippen molar-refractivity contribution in [3.63, 3.8) is 0 Å². The van der Waals surface area contributed by atoms with Gasteiger partial charge in [-0.3, -0.25) is 9.69 Å². The van der Waals surface area contributed by atoms with E-state index in [0.29, 0.717) is 11.6 Å². The smallest absolute Gasteiger partial charge is 0.236 e. The van der Waals surface area contributed by atoms with Gasteiger partial charge in [0.1, 0.15) is 5.75 Å². The highest BCUT2D eigenvalue weighted by Crippen LogP contribution is 2.44. The van der Waals surface area contributed by atoms with Crippen molar-refractivity contribution in [1.82, 2.24) is 0 Å². The Morgan fingerprint density at radius 2 is 1.62 bits per heavy atom. The molecule has 1 aliphatic rings. The molecule has 1 unspecified atom stereocenters. The van der Waals surface area contributed by atoms with E-state index in [4.69, 9.17) is 11.6 Å². The number of phenolic OH excluding ortho intramolecular Hbond substituents is 1. The molecule has 4 nitrogen and oxygen atoms in total. The van der Waals surface area contributed by atoms with Gasteiger partial charge in [-0.05, 0) is 67.4 Å². The lowest BCUT2D eigenvalue weighted by Gasteiger charge is -2.29. The van der Waals surface area contributed by atoms with E-state index in [1.807, 2.05) is 74.2 Å². The second kappa shape index (κ2) is 7.45. The van der Waals surface area contributed by atoms with Crippen LogP contribution < -0.4 is 9.80 Å². The summed E-state index contributed by atoms with van der Waals surface area (Å²) in [4.78, 5) is 17.5. The van der Waals surface area contributed by atoms with Crippen molar-refractivity contribution >= 4 is 40.3 Å². The lowest BCUT2D eigenvalue weighted by molar-refractivity contribution is -0.120. The van der Waals surface area contributed by atoms with Crippen LogP contribution in [-0.4, -0.2) is 17.6 Å². The maximum atomic E-state index is 13.6. The minimum atomic E-state index is -0.242. The molecule has 148 valence electrons. The number of amides is 1. The average Bonchev–Trinajstić information content (AvgIpc) is 2.79.